The number of ether oxygens (including phenoxy) is 1. The van der Waals surface area contributed by atoms with E-state index < -0.39 is 29.4 Å². The summed E-state index contributed by atoms with van der Waals surface area (Å²) in [6.07, 6.45) is 5.16. The molecule has 4 N–H and O–H groups in total. The first-order valence-electron chi connectivity index (χ1n) is 14.9. The molecule has 4 rings (SSSR count). The quantitative estimate of drug-likeness (QED) is 0.295. The second-order valence-corrected chi connectivity index (χ2v) is 12.2. The number of hydrogen-bond donors (Lipinski definition) is 3. The third-order valence-corrected chi connectivity index (χ3v) is 7.90. The average molecular weight is 589 g/mol. The highest BCUT2D eigenvalue weighted by Crippen LogP contribution is 2.28. The number of amides is 3. The minimum Gasteiger partial charge on any atom is -0.374 e. The van der Waals surface area contributed by atoms with E-state index in [1.807, 2.05) is 65.6 Å². The van der Waals surface area contributed by atoms with Crippen LogP contribution in [0.1, 0.15) is 57.7 Å². The summed E-state index contributed by atoms with van der Waals surface area (Å²) in [6, 6.07) is 17.5. The van der Waals surface area contributed by atoms with Crippen molar-refractivity contribution in [3.8, 4) is 0 Å². The van der Waals surface area contributed by atoms with Gasteiger partial charge in [-0.05, 0) is 49.7 Å². The van der Waals surface area contributed by atoms with Crippen molar-refractivity contribution in [2.75, 3.05) is 25.0 Å². The highest BCUT2D eigenvalue weighted by Gasteiger charge is 2.32. The molecule has 230 valence electrons. The lowest BCUT2D eigenvalue weighted by Crippen LogP contribution is -2.56. The lowest BCUT2D eigenvalue weighted by Gasteiger charge is -2.36. The van der Waals surface area contributed by atoms with E-state index in [1.165, 1.54) is 0 Å². The van der Waals surface area contributed by atoms with Crippen LogP contribution >= 0.6 is 0 Å². The first-order valence-corrected chi connectivity index (χ1v) is 14.9. The zero-order valence-corrected chi connectivity index (χ0v) is 25.5. The fourth-order valence-electron chi connectivity index (χ4n) is 5.19. The van der Waals surface area contributed by atoms with Gasteiger partial charge in [-0.1, -0.05) is 74.5 Å². The number of benzene rings is 2. The zero-order chi connectivity index (χ0) is 31.0. The van der Waals surface area contributed by atoms with Crippen LogP contribution in [0.25, 0.3) is 0 Å². The number of anilines is 1. The Bertz CT molecular complexity index is 1340. The maximum Gasteiger partial charge on any atom is 0.250 e. The second kappa shape index (κ2) is 14.4. The van der Waals surface area contributed by atoms with Gasteiger partial charge in [0.2, 0.25) is 11.8 Å². The Balaban J connectivity index is 1.48. The Morgan fingerprint density at radius 2 is 1.65 bits per heavy atom. The number of nitrogens with zero attached hydrogens (tertiary/aromatic N) is 3. The molecule has 0 aliphatic carbocycles. The minimum absolute atomic E-state index is 0.00619. The normalized spacial score (nSPS) is 15.6. The highest BCUT2D eigenvalue weighted by atomic mass is 16.5. The monoisotopic (exact) mass is 588 g/mol. The third-order valence-electron chi connectivity index (χ3n) is 7.90. The number of nitrogens with one attached hydrogen (secondary N) is 2. The van der Waals surface area contributed by atoms with Crippen molar-refractivity contribution < 1.29 is 19.1 Å². The van der Waals surface area contributed by atoms with E-state index >= 15 is 0 Å². The van der Waals surface area contributed by atoms with Gasteiger partial charge in [0.25, 0.3) is 5.91 Å². The SMILES string of the molecule is CC(C)C1CCN(C(=O)C(c2ccccc2)n2cnc(NC(=O)C(COCc3ccccc3)NC(=O)C(C)(C)N)c2)CC1. The molecule has 0 radical (unpaired) electrons. The minimum atomic E-state index is -1.19. The van der Waals surface area contributed by atoms with E-state index in [4.69, 9.17) is 10.5 Å². The van der Waals surface area contributed by atoms with Crippen LogP contribution in [-0.2, 0) is 25.7 Å². The largest absolute Gasteiger partial charge is 0.374 e. The summed E-state index contributed by atoms with van der Waals surface area (Å²) < 4.78 is 7.51. The van der Waals surface area contributed by atoms with Crippen molar-refractivity contribution in [3.05, 3.63) is 84.3 Å². The average Bonchev–Trinajstić information content (AvgIpc) is 3.44. The predicted molar refractivity (Wildman–Crippen MR) is 166 cm³/mol. The molecule has 3 aromatic rings. The van der Waals surface area contributed by atoms with Gasteiger partial charge in [0.15, 0.2) is 5.82 Å². The van der Waals surface area contributed by atoms with E-state index in [0.29, 0.717) is 24.9 Å². The number of hydrogen-bond acceptors (Lipinski definition) is 6. The number of carbonyl (C=O) groups is 3. The molecule has 3 amide bonds. The van der Waals surface area contributed by atoms with Gasteiger partial charge >= 0.3 is 0 Å². The molecule has 10 nitrogen and oxygen atoms in total. The molecule has 10 heteroatoms. The Morgan fingerprint density at radius 3 is 2.26 bits per heavy atom. The summed E-state index contributed by atoms with van der Waals surface area (Å²) in [7, 11) is 0. The summed E-state index contributed by atoms with van der Waals surface area (Å²) in [6.45, 7) is 9.23. The summed E-state index contributed by atoms with van der Waals surface area (Å²) in [4.78, 5) is 46.2. The van der Waals surface area contributed by atoms with Gasteiger partial charge in [-0.25, -0.2) is 4.98 Å². The number of nitrogens with two attached hydrogens (primary N) is 1. The molecule has 1 aromatic heterocycles. The number of likely N-dealkylation sites (tertiary alicyclic amines) is 1. The molecular formula is C33H44N6O4. The van der Waals surface area contributed by atoms with Crippen molar-refractivity contribution in [2.24, 2.45) is 17.6 Å². The molecule has 1 aliphatic rings. The van der Waals surface area contributed by atoms with Crippen LogP contribution < -0.4 is 16.4 Å². The summed E-state index contributed by atoms with van der Waals surface area (Å²) in [5.74, 6) is 0.464. The van der Waals surface area contributed by atoms with E-state index in [9.17, 15) is 14.4 Å². The van der Waals surface area contributed by atoms with E-state index in [-0.39, 0.29) is 24.9 Å². The summed E-state index contributed by atoms with van der Waals surface area (Å²) in [5, 5.41) is 5.47. The zero-order valence-electron chi connectivity index (χ0n) is 25.5. The maximum absolute atomic E-state index is 13.9. The van der Waals surface area contributed by atoms with Crippen LogP contribution in [0.2, 0.25) is 0 Å². The molecule has 2 atom stereocenters. The molecule has 1 fully saturated rings. The van der Waals surface area contributed by atoms with Crippen molar-refractivity contribution in [1.82, 2.24) is 19.8 Å². The van der Waals surface area contributed by atoms with Crippen molar-refractivity contribution in [3.63, 3.8) is 0 Å². The summed E-state index contributed by atoms with van der Waals surface area (Å²) >= 11 is 0. The molecule has 0 bridgehead atoms. The number of piperidine rings is 1. The molecule has 1 aliphatic heterocycles. The van der Waals surface area contributed by atoms with Crippen molar-refractivity contribution >= 4 is 23.5 Å². The van der Waals surface area contributed by atoms with Crippen molar-refractivity contribution in [1.29, 1.82) is 0 Å². The number of rotatable bonds is 12. The fraction of sp³-hybridized carbons (Fsp3) is 0.455. The Hall–Kier alpha value is -4.02. The molecule has 1 saturated heterocycles. The molecule has 43 heavy (non-hydrogen) atoms. The number of aromatic nitrogens is 2. The van der Waals surface area contributed by atoms with Crippen LogP contribution in [0.5, 0.6) is 0 Å². The van der Waals surface area contributed by atoms with Crippen LogP contribution in [0.3, 0.4) is 0 Å². The van der Waals surface area contributed by atoms with Gasteiger partial charge in [-0.15, -0.1) is 0 Å². The number of carbonyl (C=O) groups excluding carboxylic acids is 3. The topological polar surface area (TPSA) is 132 Å². The van der Waals surface area contributed by atoms with Gasteiger partial charge in [0.1, 0.15) is 12.1 Å². The van der Waals surface area contributed by atoms with Gasteiger partial charge in [-0.3, -0.25) is 14.4 Å². The highest BCUT2D eigenvalue weighted by molar-refractivity contribution is 5.98. The molecular weight excluding hydrogens is 544 g/mol. The first-order chi connectivity index (χ1) is 20.5. The molecule has 2 aromatic carbocycles. The molecule has 0 spiro atoms. The van der Waals surface area contributed by atoms with Crippen LogP contribution in [0.4, 0.5) is 5.82 Å². The fourth-order valence-corrected chi connectivity index (χ4v) is 5.19. The van der Waals surface area contributed by atoms with Gasteiger partial charge in [-0.2, -0.15) is 0 Å². The van der Waals surface area contributed by atoms with E-state index in [1.54, 1.807) is 30.9 Å². The van der Waals surface area contributed by atoms with Crippen molar-refractivity contribution in [2.45, 2.75) is 64.8 Å². The molecule has 2 heterocycles. The van der Waals surface area contributed by atoms with E-state index in [2.05, 4.69) is 29.5 Å². The Kier molecular flexibility index (Phi) is 10.7. The lowest BCUT2D eigenvalue weighted by atomic mass is 9.86. The van der Waals surface area contributed by atoms with E-state index in [0.717, 1.165) is 24.0 Å². The maximum atomic E-state index is 13.9. The Morgan fingerprint density at radius 1 is 1.02 bits per heavy atom. The molecule has 0 saturated carbocycles. The van der Waals surface area contributed by atoms with Gasteiger partial charge in [0.05, 0.1) is 25.1 Å². The van der Waals surface area contributed by atoms with Crippen LogP contribution in [-0.4, -0.2) is 63.4 Å². The Labute approximate surface area is 254 Å². The first kappa shape index (κ1) is 31.9. The standard InChI is InChI=1S/C33H44N6O4/c1-23(2)25-15-17-38(18-16-25)31(41)29(26-13-9-6-10-14-26)39-19-28(35-22-39)37-30(40)27(36-32(42)33(3,4)34)21-43-20-24-11-7-5-8-12-24/h5-14,19,22-23,25,27,29H,15-18,20-21,34H2,1-4H3,(H,36,42)(H,37,40). The molecule has 2 unspecified atom stereocenters. The lowest BCUT2D eigenvalue weighted by molar-refractivity contribution is -0.135. The van der Waals surface area contributed by atoms with Crippen LogP contribution in [0, 0.1) is 11.8 Å². The van der Waals surface area contributed by atoms with Crippen LogP contribution in [0.15, 0.2) is 73.2 Å². The van der Waals surface area contributed by atoms with Gasteiger partial charge in [0, 0.05) is 19.3 Å². The smallest absolute Gasteiger partial charge is 0.250 e. The summed E-state index contributed by atoms with van der Waals surface area (Å²) in [5.41, 5.74) is 6.55. The predicted octanol–water partition coefficient (Wildman–Crippen LogP) is 3.74. The number of imidazole rings is 1. The third kappa shape index (κ3) is 8.75. The van der Waals surface area contributed by atoms with Gasteiger partial charge < -0.3 is 30.6 Å². The second-order valence-electron chi connectivity index (χ2n) is 12.2.